The number of ether oxygens (including phenoxy) is 2. The lowest BCUT2D eigenvalue weighted by atomic mass is 9.82. The molecule has 0 aliphatic carbocycles. The number of fused-ring (bicyclic) bond motifs is 1. The van der Waals surface area contributed by atoms with E-state index in [1.807, 2.05) is 62.0 Å². The Morgan fingerprint density at radius 3 is 2.39 bits per heavy atom. The molecule has 3 heterocycles. The minimum atomic E-state index is -0.469. The van der Waals surface area contributed by atoms with Crippen molar-refractivity contribution in [2.45, 2.75) is 68.3 Å². The van der Waals surface area contributed by atoms with Crippen LogP contribution in [0.25, 0.3) is 11.1 Å². The summed E-state index contributed by atoms with van der Waals surface area (Å²) in [4.78, 5) is 19.6. The van der Waals surface area contributed by atoms with Crippen LogP contribution >= 0.6 is 11.8 Å². The number of pyridine rings is 1. The molecule has 1 aromatic heterocycles. The third-order valence-electron chi connectivity index (χ3n) is 6.91. The van der Waals surface area contributed by atoms with E-state index in [9.17, 15) is 4.79 Å². The Morgan fingerprint density at radius 2 is 1.69 bits per heavy atom. The maximum atomic E-state index is 12.4. The number of hydrogen-bond acceptors (Lipinski definition) is 5. The Balaban J connectivity index is 1.20. The highest BCUT2D eigenvalue weighted by atomic mass is 32.2. The van der Waals surface area contributed by atoms with E-state index >= 15 is 0 Å². The predicted octanol–water partition coefficient (Wildman–Crippen LogP) is 7.14. The smallest absolute Gasteiger partial charge is 0.410 e. The van der Waals surface area contributed by atoms with Gasteiger partial charge in [-0.15, -0.1) is 11.8 Å². The van der Waals surface area contributed by atoms with Crippen molar-refractivity contribution in [3.05, 3.63) is 78.1 Å². The minimum absolute atomic E-state index is 0.179. The third-order valence-corrected chi connectivity index (χ3v) is 7.99. The van der Waals surface area contributed by atoms with Crippen molar-refractivity contribution in [2.24, 2.45) is 0 Å². The lowest BCUT2D eigenvalue weighted by molar-refractivity contribution is -0.0272. The van der Waals surface area contributed by atoms with Gasteiger partial charge < -0.3 is 14.4 Å². The number of carbonyl (C=O) groups is 1. The van der Waals surface area contributed by atoms with Crippen LogP contribution in [0.4, 0.5) is 4.79 Å². The summed E-state index contributed by atoms with van der Waals surface area (Å²) in [5.41, 5.74) is 4.37. The Kier molecular flexibility index (Phi) is 6.98. The number of likely N-dealkylation sites (tertiary alicyclic amines) is 1. The van der Waals surface area contributed by atoms with E-state index in [1.54, 1.807) is 0 Å². The number of carbonyl (C=O) groups excluding carboxylic acids is 1. The number of aromatic nitrogens is 1. The number of nitrogens with zero attached hydrogens (tertiary/aromatic N) is 2. The molecule has 188 valence electrons. The van der Waals surface area contributed by atoms with Crippen LogP contribution in [0, 0.1) is 0 Å². The van der Waals surface area contributed by atoms with Crippen LogP contribution in [0.1, 0.15) is 51.2 Å². The highest BCUT2D eigenvalue weighted by Gasteiger charge is 2.41. The van der Waals surface area contributed by atoms with E-state index in [0.717, 1.165) is 37.2 Å². The van der Waals surface area contributed by atoms with E-state index in [1.165, 1.54) is 27.1 Å². The first-order valence-electron chi connectivity index (χ1n) is 12.7. The van der Waals surface area contributed by atoms with E-state index in [2.05, 4.69) is 47.4 Å². The molecule has 5 nitrogen and oxygen atoms in total. The van der Waals surface area contributed by atoms with Crippen LogP contribution in [0.3, 0.4) is 0 Å². The van der Waals surface area contributed by atoms with Gasteiger partial charge in [-0.2, -0.15) is 0 Å². The Labute approximate surface area is 218 Å². The van der Waals surface area contributed by atoms with Crippen molar-refractivity contribution >= 4 is 17.9 Å². The molecular formula is C30H34N2O3S. The topological polar surface area (TPSA) is 51.7 Å². The molecule has 2 aromatic carbocycles. The quantitative estimate of drug-likeness (QED) is 0.355. The second kappa shape index (κ2) is 10.2. The highest BCUT2D eigenvalue weighted by molar-refractivity contribution is 7.98. The molecule has 0 radical (unpaired) electrons. The van der Waals surface area contributed by atoms with Gasteiger partial charge in [0.25, 0.3) is 0 Å². The number of benzene rings is 2. The monoisotopic (exact) mass is 502 g/mol. The zero-order valence-electron chi connectivity index (χ0n) is 21.3. The number of thioether (sulfide) groups is 1. The number of hydrogen-bond donors (Lipinski definition) is 0. The molecule has 2 aliphatic rings. The fraction of sp³-hybridized carbons (Fsp3) is 0.400. The molecule has 0 unspecified atom stereocenters. The van der Waals surface area contributed by atoms with Gasteiger partial charge in [-0.1, -0.05) is 30.3 Å². The first kappa shape index (κ1) is 24.7. The SMILES string of the molecule is CC(C)(C)OC(=O)N1CCC2(CCc3cc(-c4ccc(CSc5ccncc5)cc4)ccc3O2)CC1. The summed E-state index contributed by atoms with van der Waals surface area (Å²) in [6.07, 6.45) is 7.10. The van der Waals surface area contributed by atoms with Gasteiger partial charge in [0.05, 0.1) is 0 Å². The maximum Gasteiger partial charge on any atom is 0.410 e. The van der Waals surface area contributed by atoms with Gasteiger partial charge in [0.15, 0.2) is 0 Å². The van der Waals surface area contributed by atoms with Gasteiger partial charge in [-0.3, -0.25) is 4.98 Å². The largest absolute Gasteiger partial charge is 0.487 e. The lowest BCUT2D eigenvalue weighted by Crippen LogP contribution is -2.52. The standard InChI is InChI=1S/C30H34N2O3S/c1-29(2,3)35-28(33)32-18-14-30(15-19-32)13-10-25-20-24(8-9-27(25)34-30)23-6-4-22(5-7-23)21-36-26-11-16-31-17-12-26/h4-9,11-12,16-17,20H,10,13-15,18-19,21H2,1-3H3. The number of amides is 1. The number of rotatable bonds is 4. The number of piperidine rings is 1. The average molecular weight is 503 g/mol. The van der Waals surface area contributed by atoms with E-state index in [-0.39, 0.29) is 11.7 Å². The van der Waals surface area contributed by atoms with Crippen LogP contribution in [0.5, 0.6) is 5.75 Å². The normalized spacial score (nSPS) is 16.8. The highest BCUT2D eigenvalue weighted by Crippen LogP contribution is 2.41. The Morgan fingerprint density at radius 1 is 1.00 bits per heavy atom. The van der Waals surface area contributed by atoms with Gasteiger partial charge in [0.2, 0.25) is 0 Å². The predicted molar refractivity (Wildman–Crippen MR) is 144 cm³/mol. The van der Waals surface area contributed by atoms with Crippen molar-refractivity contribution < 1.29 is 14.3 Å². The molecule has 1 spiro atoms. The van der Waals surface area contributed by atoms with Gasteiger partial charge >= 0.3 is 6.09 Å². The summed E-state index contributed by atoms with van der Waals surface area (Å²) < 4.78 is 12.1. The lowest BCUT2D eigenvalue weighted by Gasteiger charge is -2.44. The zero-order chi connectivity index (χ0) is 25.2. The molecule has 1 saturated heterocycles. The van der Waals surface area contributed by atoms with Crippen molar-refractivity contribution in [2.75, 3.05) is 13.1 Å². The third kappa shape index (κ3) is 5.86. The Hall–Kier alpha value is -2.99. The molecule has 0 bridgehead atoms. The molecule has 3 aromatic rings. The van der Waals surface area contributed by atoms with Crippen LogP contribution in [0.15, 0.2) is 71.9 Å². The van der Waals surface area contributed by atoms with Gasteiger partial charge in [0.1, 0.15) is 17.0 Å². The second-order valence-corrected chi connectivity index (χ2v) is 11.8. The summed E-state index contributed by atoms with van der Waals surface area (Å²) in [6, 6.07) is 19.5. The van der Waals surface area contributed by atoms with E-state index in [0.29, 0.717) is 13.1 Å². The molecule has 0 saturated carbocycles. The molecule has 5 rings (SSSR count). The molecule has 1 amide bonds. The molecule has 6 heteroatoms. The summed E-state index contributed by atoms with van der Waals surface area (Å²) in [6.45, 7) is 7.07. The first-order valence-corrected chi connectivity index (χ1v) is 13.7. The van der Waals surface area contributed by atoms with E-state index in [4.69, 9.17) is 9.47 Å². The second-order valence-electron chi connectivity index (χ2n) is 10.7. The summed E-state index contributed by atoms with van der Waals surface area (Å²) in [5.74, 6) is 1.93. The molecular weight excluding hydrogens is 468 g/mol. The van der Waals surface area contributed by atoms with Crippen LogP contribution in [0.2, 0.25) is 0 Å². The van der Waals surface area contributed by atoms with Crippen LogP contribution in [-0.4, -0.2) is 40.3 Å². The molecule has 36 heavy (non-hydrogen) atoms. The fourth-order valence-corrected chi connectivity index (χ4v) is 5.71. The minimum Gasteiger partial charge on any atom is -0.487 e. The zero-order valence-corrected chi connectivity index (χ0v) is 22.1. The molecule has 0 atom stereocenters. The summed E-state index contributed by atoms with van der Waals surface area (Å²) in [5, 5.41) is 0. The Bertz CT molecular complexity index is 1200. The van der Waals surface area contributed by atoms with Crippen molar-refractivity contribution in [3.63, 3.8) is 0 Å². The van der Waals surface area contributed by atoms with Gasteiger partial charge in [-0.25, -0.2) is 4.79 Å². The summed E-state index contributed by atoms with van der Waals surface area (Å²) in [7, 11) is 0. The maximum absolute atomic E-state index is 12.4. The molecule has 2 aliphatic heterocycles. The first-order chi connectivity index (χ1) is 17.3. The van der Waals surface area contributed by atoms with Crippen molar-refractivity contribution in [1.82, 2.24) is 9.88 Å². The van der Waals surface area contributed by atoms with Crippen LogP contribution in [-0.2, 0) is 16.9 Å². The molecule has 0 N–H and O–H groups in total. The van der Waals surface area contributed by atoms with Crippen LogP contribution < -0.4 is 4.74 Å². The summed E-state index contributed by atoms with van der Waals surface area (Å²) >= 11 is 1.82. The van der Waals surface area contributed by atoms with Crippen molar-refractivity contribution in [3.8, 4) is 16.9 Å². The average Bonchev–Trinajstić information content (AvgIpc) is 2.87. The fourth-order valence-electron chi connectivity index (χ4n) is 4.87. The van der Waals surface area contributed by atoms with Crippen molar-refractivity contribution in [1.29, 1.82) is 0 Å². The molecule has 1 fully saturated rings. The van der Waals surface area contributed by atoms with Gasteiger partial charge in [0, 0.05) is 49.0 Å². The number of aryl methyl sites for hydroxylation is 1. The van der Waals surface area contributed by atoms with Gasteiger partial charge in [-0.05, 0) is 80.1 Å². The van der Waals surface area contributed by atoms with E-state index < -0.39 is 5.60 Å².